The van der Waals surface area contributed by atoms with Gasteiger partial charge in [0.05, 0.1) is 32.1 Å². The molecule has 2 aromatic heterocycles. The molecule has 0 saturated carbocycles. The fraction of sp³-hybridized carbons (Fsp3) is 0.700. The first-order valence-corrected chi connectivity index (χ1v) is 21.6. The zero-order chi connectivity index (χ0) is 38.2. The molecule has 2 aliphatic heterocycles. The van der Waals surface area contributed by atoms with Crippen LogP contribution in [0.25, 0.3) is 5.52 Å². The lowest BCUT2D eigenvalue weighted by Crippen LogP contribution is -2.33. The SMILES string of the molecule is CCCCCCCCCCCCCCCCOC[C@@H](COP(=O)(O)OC[C@H]1O[C@@H](c2ccc3c(N)ncnn23)[C@@H]2OC(C)(C)O[C@@H]21)OCc1ccccc1. The first-order valence-electron chi connectivity index (χ1n) is 20.1. The molecule has 2 aliphatic rings. The molecule has 13 nitrogen and oxygen atoms in total. The highest BCUT2D eigenvalue weighted by atomic mass is 31.2. The quantitative estimate of drug-likeness (QED) is 0.0563. The summed E-state index contributed by atoms with van der Waals surface area (Å²) < 4.78 is 56.5. The molecule has 54 heavy (non-hydrogen) atoms. The summed E-state index contributed by atoms with van der Waals surface area (Å²) in [5, 5.41) is 4.34. The van der Waals surface area contributed by atoms with Gasteiger partial charge in [0.25, 0.3) is 0 Å². The van der Waals surface area contributed by atoms with Gasteiger partial charge in [-0.1, -0.05) is 121 Å². The van der Waals surface area contributed by atoms with Gasteiger partial charge in [-0.25, -0.2) is 14.1 Å². The molecule has 3 aromatic rings. The third-order valence-electron chi connectivity index (χ3n) is 10.1. The summed E-state index contributed by atoms with van der Waals surface area (Å²) >= 11 is 0. The Hall–Kier alpha value is -2.45. The topological polar surface area (TPSA) is 158 Å². The number of unbranched alkanes of at least 4 members (excludes halogenated alkanes) is 13. The van der Waals surface area contributed by atoms with Gasteiger partial charge in [0, 0.05) is 6.61 Å². The van der Waals surface area contributed by atoms with Gasteiger partial charge in [-0.05, 0) is 38.0 Å². The van der Waals surface area contributed by atoms with E-state index in [-0.39, 0.29) is 19.8 Å². The van der Waals surface area contributed by atoms with Crippen LogP contribution in [0.5, 0.6) is 0 Å². The molecule has 2 saturated heterocycles. The second-order valence-corrected chi connectivity index (χ2v) is 16.5. The lowest BCUT2D eigenvalue weighted by molar-refractivity contribution is -0.191. The fourth-order valence-corrected chi connectivity index (χ4v) is 7.94. The normalized spacial score (nSPS) is 22.4. The minimum atomic E-state index is -4.52. The van der Waals surface area contributed by atoms with Crippen LogP contribution in [0.15, 0.2) is 48.8 Å². The van der Waals surface area contributed by atoms with Crippen molar-refractivity contribution in [2.45, 2.75) is 154 Å². The third-order valence-corrected chi connectivity index (χ3v) is 11.0. The number of benzene rings is 1. The molecule has 14 heteroatoms. The van der Waals surface area contributed by atoms with Crippen LogP contribution in [0.2, 0.25) is 0 Å². The molecule has 6 atom stereocenters. The molecular weight excluding hydrogens is 711 g/mol. The molecule has 2 fully saturated rings. The van der Waals surface area contributed by atoms with Crippen LogP contribution in [0, 0.1) is 0 Å². The van der Waals surface area contributed by atoms with E-state index in [4.69, 9.17) is 38.5 Å². The van der Waals surface area contributed by atoms with E-state index in [9.17, 15) is 9.46 Å². The number of phosphoric ester groups is 1. The molecular formula is C40H63N4O9P. The molecule has 3 N–H and O–H groups in total. The van der Waals surface area contributed by atoms with Crippen LogP contribution >= 0.6 is 7.82 Å². The molecule has 0 aliphatic carbocycles. The van der Waals surface area contributed by atoms with Crippen molar-refractivity contribution in [3.8, 4) is 0 Å². The standard InChI is InChI=1S/C40H63N4O9P/c1-4-5-6-7-8-9-10-11-12-13-14-15-16-20-25-47-27-32(48-26-31-21-18-17-19-22-31)28-49-54(45,46)50-29-35-37-38(53-40(2,3)52-37)36(51-35)33-23-24-34-39(41)42-30-43-44(33)34/h17-19,21-24,30,32,35-38H,4-16,20,25-29H2,1-3H3,(H,45,46)(H2,41,42,43)/t32-,35+,36-,37+,38-/m0/s1. The van der Waals surface area contributed by atoms with Crippen molar-refractivity contribution >= 4 is 19.2 Å². The molecule has 1 aromatic carbocycles. The van der Waals surface area contributed by atoms with E-state index in [1.807, 2.05) is 56.3 Å². The van der Waals surface area contributed by atoms with E-state index in [2.05, 4.69) is 17.0 Å². The molecule has 0 amide bonds. The van der Waals surface area contributed by atoms with Gasteiger partial charge in [0.2, 0.25) is 0 Å². The van der Waals surface area contributed by atoms with E-state index in [0.717, 1.165) is 18.4 Å². The van der Waals surface area contributed by atoms with Crippen molar-refractivity contribution < 1.29 is 42.2 Å². The van der Waals surface area contributed by atoms with Gasteiger partial charge < -0.3 is 34.3 Å². The lowest BCUT2D eigenvalue weighted by Gasteiger charge is -2.25. The van der Waals surface area contributed by atoms with E-state index >= 15 is 0 Å². The average molecular weight is 775 g/mol. The van der Waals surface area contributed by atoms with Gasteiger partial charge in [-0.3, -0.25) is 9.05 Å². The predicted molar refractivity (Wildman–Crippen MR) is 207 cm³/mol. The Morgan fingerprint density at radius 1 is 0.870 bits per heavy atom. The number of rotatable bonds is 27. The van der Waals surface area contributed by atoms with Crippen LogP contribution in [0.3, 0.4) is 0 Å². The fourth-order valence-electron chi connectivity index (χ4n) is 7.17. The van der Waals surface area contributed by atoms with Crippen LogP contribution in [0.1, 0.15) is 128 Å². The van der Waals surface area contributed by atoms with Crippen molar-refractivity contribution in [1.82, 2.24) is 14.6 Å². The maximum absolute atomic E-state index is 13.2. The number of aromatic nitrogens is 3. The summed E-state index contributed by atoms with van der Waals surface area (Å²) in [6.45, 7) is 6.56. The van der Waals surface area contributed by atoms with Gasteiger partial charge >= 0.3 is 7.82 Å². The molecule has 5 rings (SSSR count). The van der Waals surface area contributed by atoms with Crippen molar-refractivity contribution in [1.29, 1.82) is 0 Å². The Labute approximate surface area is 321 Å². The molecule has 0 spiro atoms. The number of nitrogens with two attached hydrogens (primary N) is 1. The minimum Gasteiger partial charge on any atom is -0.382 e. The van der Waals surface area contributed by atoms with Crippen molar-refractivity contribution in [2.75, 3.05) is 32.2 Å². The number of nitrogens with zero attached hydrogens (tertiary/aromatic N) is 3. The Morgan fingerprint density at radius 3 is 2.20 bits per heavy atom. The Balaban J connectivity index is 1.03. The zero-order valence-electron chi connectivity index (χ0n) is 32.5. The van der Waals surface area contributed by atoms with Crippen LogP contribution in [-0.4, -0.2) is 76.1 Å². The van der Waals surface area contributed by atoms with Gasteiger partial charge in [0.1, 0.15) is 42.4 Å². The first kappa shape index (κ1) is 42.7. The van der Waals surface area contributed by atoms with Crippen molar-refractivity contribution in [2.24, 2.45) is 0 Å². The van der Waals surface area contributed by atoms with E-state index in [1.165, 1.54) is 83.4 Å². The largest absolute Gasteiger partial charge is 0.472 e. The number of anilines is 1. The van der Waals surface area contributed by atoms with Crippen molar-refractivity contribution in [3.05, 3.63) is 60.0 Å². The monoisotopic (exact) mass is 774 g/mol. The van der Waals surface area contributed by atoms with Gasteiger partial charge in [0.15, 0.2) is 11.6 Å². The zero-order valence-corrected chi connectivity index (χ0v) is 33.4. The first-order chi connectivity index (χ1) is 26.2. The van der Waals surface area contributed by atoms with E-state index in [1.54, 1.807) is 4.52 Å². The number of nitrogen functional groups attached to an aromatic ring is 1. The molecule has 0 radical (unpaired) electrons. The smallest absolute Gasteiger partial charge is 0.382 e. The number of fused-ring (bicyclic) bond motifs is 2. The summed E-state index contributed by atoms with van der Waals surface area (Å²) in [7, 11) is -4.52. The maximum Gasteiger partial charge on any atom is 0.472 e. The van der Waals surface area contributed by atoms with E-state index < -0.39 is 44.1 Å². The summed E-state index contributed by atoms with van der Waals surface area (Å²) in [6, 6.07) is 13.4. The minimum absolute atomic E-state index is 0.191. The second kappa shape index (κ2) is 21.7. The summed E-state index contributed by atoms with van der Waals surface area (Å²) in [5.74, 6) is -0.564. The number of phosphoric acid groups is 1. The molecule has 0 bridgehead atoms. The number of hydrogen-bond donors (Lipinski definition) is 2. The Morgan fingerprint density at radius 2 is 1.52 bits per heavy atom. The number of hydrogen-bond acceptors (Lipinski definition) is 11. The average Bonchev–Trinajstić information content (AvgIpc) is 3.83. The third kappa shape index (κ3) is 13.3. The summed E-state index contributed by atoms with van der Waals surface area (Å²) in [4.78, 5) is 14.8. The highest BCUT2D eigenvalue weighted by Crippen LogP contribution is 2.48. The lowest BCUT2D eigenvalue weighted by atomic mass is 10.0. The van der Waals surface area contributed by atoms with Gasteiger partial charge in [-0.2, -0.15) is 5.10 Å². The maximum atomic E-state index is 13.2. The summed E-state index contributed by atoms with van der Waals surface area (Å²) in [5.41, 5.74) is 8.35. The van der Waals surface area contributed by atoms with Crippen LogP contribution in [0.4, 0.5) is 5.82 Å². The highest BCUT2D eigenvalue weighted by Gasteiger charge is 2.56. The highest BCUT2D eigenvalue weighted by molar-refractivity contribution is 7.47. The number of ether oxygens (including phenoxy) is 5. The van der Waals surface area contributed by atoms with Crippen molar-refractivity contribution in [3.63, 3.8) is 0 Å². The van der Waals surface area contributed by atoms with Crippen LogP contribution < -0.4 is 5.73 Å². The summed E-state index contributed by atoms with van der Waals surface area (Å²) in [6.07, 6.45) is 16.5. The Kier molecular flexibility index (Phi) is 17.2. The molecule has 1 unspecified atom stereocenters. The van der Waals surface area contributed by atoms with Crippen LogP contribution in [-0.2, 0) is 43.9 Å². The molecule has 302 valence electrons. The molecule has 4 heterocycles. The second-order valence-electron chi connectivity index (χ2n) is 15.0. The van der Waals surface area contributed by atoms with E-state index in [0.29, 0.717) is 30.2 Å². The predicted octanol–water partition coefficient (Wildman–Crippen LogP) is 8.49. The Bertz CT molecular complexity index is 1560. The van der Waals surface area contributed by atoms with Gasteiger partial charge in [-0.15, -0.1) is 0 Å².